The standard InChI is InChI=1S/C14H22N2O2/c1-9(2)7-11(8-15)16-14(18)12-5-4-6-13(17)10(12)3/h4-6,9,11,17H,7-8,15H2,1-3H3,(H,16,18). The summed E-state index contributed by atoms with van der Waals surface area (Å²) in [6.07, 6.45) is 0.847. The van der Waals surface area contributed by atoms with Crippen molar-refractivity contribution < 1.29 is 9.90 Å². The van der Waals surface area contributed by atoms with Crippen LogP contribution in [0.4, 0.5) is 0 Å². The molecule has 0 fully saturated rings. The molecule has 0 aliphatic carbocycles. The summed E-state index contributed by atoms with van der Waals surface area (Å²) in [7, 11) is 0. The zero-order valence-corrected chi connectivity index (χ0v) is 11.2. The Morgan fingerprint density at radius 3 is 2.67 bits per heavy atom. The molecule has 4 N–H and O–H groups in total. The molecule has 4 heteroatoms. The molecule has 0 spiro atoms. The Bertz CT molecular complexity index is 416. The zero-order chi connectivity index (χ0) is 13.7. The van der Waals surface area contributed by atoms with E-state index in [4.69, 9.17) is 5.73 Å². The molecule has 0 heterocycles. The van der Waals surface area contributed by atoms with Crippen molar-refractivity contribution in [3.63, 3.8) is 0 Å². The van der Waals surface area contributed by atoms with Gasteiger partial charge in [-0.3, -0.25) is 4.79 Å². The normalized spacial score (nSPS) is 12.5. The van der Waals surface area contributed by atoms with Crippen LogP contribution in [0.15, 0.2) is 18.2 Å². The summed E-state index contributed by atoms with van der Waals surface area (Å²) in [5.41, 5.74) is 6.74. The first-order valence-electron chi connectivity index (χ1n) is 6.25. The molecular formula is C14H22N2O2. The van der Waals surface area contributed by atoms with Gasteiger partial charge in [-0.15, -0.1) is 0 Å². The maximum absolute atomic E-state index is 12.1. The molecule has 0 saturated carbocycles. The fourth-order valence-corrected chi connectivity index (χ4v) is 1.92. The topological polar surface area (TPSA) is 75.3 Å². The molecule has 4 nitrogen and oxygen atoms in total. The lowest BCUT2D eigenvalue weighted by Crippen LogP contribution is -2.41. The predicted molar refractivity (Wildman–Crippen MR) is 72.6 cm³/mol. The van der Waals surface area contributed by atoms with E-state index in [9.17, 15) is 9.90 Å². The van der Waals surface area contributed by atoms with Crippen LogP contribution in [0.25, 0.3) is 0 Å². The number of aromatic hydroxyl groups is 1. The highest BCUT2D eigenvalue weighted by Crippen LogP contribution is 2.19. The molecule has 0 radical (unpaired) electrons. The third-order valence-electron chi connectivity index (χ3n) is 2.93. The molecular weight excluding hydrogens is 228 g/mol. The molecule has 1 unspecified atom stereocenters. The number of benzene rings is 1. The van der Waals surface area contributed by atoms with Crippen LogP contribution in [0.1, 0.15) is 36.2 Å². The number of rotatable bonds is 5. The van der Waals surface area contributed by atoms with Gasteiger partial charge in [0.1, 0.15) is 5.75 Å². The second-order valence-corrected chi connectivity index (χ2v) is 4.99. The molecule has 1 rings (SSSR count). The molecule has 0 aliphatic heterocycles. The van der Waals surface area contributed by atoms with Gasteiger partial charge in [0.15, 0.2) is 0 Å². The van der Waals surface area contributed by atoms with Crippen molar-refractivity contribution in [2.75, 3.05) is 6.54 Å². The van der Waals surface area contributed by atoms with Crippen LogP contribution in [-0.4, -0.2) is 23.6 Å². The highest BCUT2D eigenvalue weighted by Gasteiger charge is 2.16. The lowest BCUT2D eigenvalue weighted by Gasteiger charge is -2.19. The van der Waals surface area contributed by atoms with Crippen molar-refractivity contribution >= 4 is 5.91 Å². The Morgan fingerprint density at radius 1 is 1.44 bits per heavy atom. The number of amides is 1. The average Bonchev–Trinajstić information content (AvgIpc) is 2.31. The van der Waals surface area contributed by atoms with E-state index in [1.807, 2.05) is 0 Å². The Morgan fingerprint density at radius 2 is 2.11 bits per heavy atom. The number of carbonyl (C=O) groups is 1. The van der Waals surface area contributed by atoms with Crippen LogP contribution in [0.3, 0.4) is 0 Å². The van der Waals surface area contributed by atoms with Crippen molar-refractivity contribution in [1.82, 2.24) is 5.32 Å². The van der Waals surface area contributed by atoms with Crippen LogP contribution >= 0.6 is 0 Å². The summed E-state index contributed by atoms with van der Waals surface area (Å²) < 4.78 is 0. The number of hydrogen-bond donors (Lipinski definition) is 3. The zero-order valence-electron chi connectivity index (χ0n) is 11.2. The van der Waals surface area contributed by atoms with Gasteiger partial charge in [-0.25, -0.2) is 0 Å². The van der Waals surface area contributed by atoms with Gasteiger partial charge in [0.25, 0.3) is 5.91 Å². The number of phenols is 1. The molecule has 1 aromatic carbocycles. The van der Waals surface area contributed by atoms with Crippen LogP contribution in [-0.2, 0) is 0 Å². The van der Waals surface area contributed by atoms with E-state index >= 15 is 0 Å². The average molecular weight is 250 g/mol. The molecule has 0 bridgehead atoms. The van der Waals surface area contributed by atoms with Gasteiger partial charge in [0.05, 0.1) is 0 Å². The molecule has 1 atom stereocenters. The van der Waals surface area contributed by atoms with Gasteiger partial charge in [-0.2, -0.15) is 0 Å². The van der Waals surface area contributed by atoms with Crippen LogP contribution in [0.5, 0.6) is 5.75 Å². The molecule has 0 aromatic heterocycles. The van der Waals surface area contributed by atoms with Crippen molar-refractivity contribution in [2.24, 2.45) is 11.7 Å². The highest BCUT2D eigenvalue weighted by molar-refractivity contribution is 5.96. The van der Waals surface area contributed by atoms with Crippen LogP contribution in [0.2, 0.25) is 0 Å². The van der Waals surface area contributed by atoms with E-state index < -0.39 is 0 Å². The smallest absolute Gasteiger partial charge is 0.251 e. The Hall–Kier alpha value is -1.55. The number of nitrogens with two attached hydrogens (primary N) is 1. The van der Waals surface area contributed by atoms with E-state index in [0.717, 1.165) is 6.42 Å². The van der Waals surface area contributed by atoms with E-state index in [1.165, 1.54) is 0 Å². The van der Waals surface area contributed by atoms with Crippen molar-refractivity contribution in [3.8, 4) is 5.75 Å². The van der Waals surface area contributed by atoms with Gasteiger partial charge in [-0.05, 0) is 31.4 Å². The Balaban J connectivity index is 2.78. The number of hydrogen-bond acceptors (Lipinski definition) is 3. The first-order valence-corrected chi connectivity index (χ1v) is 6.25. The second-order valence-electron chi connectivity index (χ2n) is 4.99. The molecule has 0 aliphatic rings. The third kappa shape index (κ3) is 3.74. The number of nitrogens with one attached hydrogen (secondary N) is 1. The molecule has 1 amide bonds. The molecule has 0 saturated heterocycles. The fourth-order valence-electron chi connectivity index (χ4n) is 1.92. The third-order valence-corrected chi connectivity index (χ3v) is 2.93. The largest absolute Gasteiger partial charge is 0.508 e. The predicted octanol–water partition coefficient (Wildman–Crippen LogP) is 1.80. The Kier molecular flexibility index (Phi) is 5.16. The lowest BCUT2D eigenvalue weighted by atomic mass is 10.0. The minimum Gasteiger partial charge on any atom is -0.508 e. The summed E-state index contributed by atoms with van der Waals surface area (Å²) >= 11 is 0. The van der Waals surface area contributed by atoms with Gasteiger partial charge in [-0.1, -0.05) is 19.9 Å². The van der Waals surface area contributed by atoms with Crippen molar-refractivity contribution in [2.45, 2.75) is 33.2 Å². The van der Waals surface area contributed by atoms with E-state index in [0.29, 0.717) is 23.6 Å². The summed E-state index contributed by atoms with van der Waals surface area (Å²) in [5, 5.41) is 12.5. The summed E-state index contributed by atoms with van der Waals surface area (Å²) in [6, 6.07) is 4.91. The minimum absolute atomic E-state index is 0.0285. The second kappa shape index (κ2) is 6.40. The number of phenolic OH excluding ortho intramolecular Hbond substituents is 1. The molecule has 18 heavy (non-hydrogen) atoms. The quantitative estimate of drug-likeness (QED) is 0.746. The van der Waals surface area contributed by atoms with E-state index in [-0.39, 0.29) is 17.7 Å². The number of carbonyl (C=O) groups excluding carboxylic acids is 1. The molecule has 100 valence electrons. The summed E-state index contributed by atoms with van der Waals surface area (Å²) in [4.78, 5) is 12.1. The van der Waals surface area contributed by atoms with Gasteiger partial charge in [0.2, 0.25) is 0 Å². The van der Waals surface area contributed by atoms with E-state index in [2.05, 4.69) is 19.2 Å². The minimum atomic E-state index is -0.181. The maximum Gasteiger partial charge on any atom is 0.251 e. The summed E-state index contributed by atoms with van der Waals surface area (Å²) in [6.45, 7) is 6.33. The first-order chi connectivity index (χ1) is 8.45. The van der Waals surface area contributed by atoms with E-state index in [1.54, 1.807) is 25.1 Å². The summed E-state index contributed by atoms with van der Waals surface area (Å²) in [5.74, 6) is 0.430. The molecule has 1 aromatic rings. The fraction of sp³-hybridized carbons (Fsp3) is 0.500. The monoisotopic (exact) mass is 250 g/mol. The maximum atomic E-state index is 12.1. The van der Waals surface area contributed by atoms with Crippen LogP contribution in [0, 0.1) is 12.8 Å². The van der Waals surface area contributed by atoms with Crippen molar-refractivity contribution in [3.05, 3.63) is 29.3 Å². The van der Waals surface area contributed by atoms with Gasteiger partial charge >= 0.3 is 0 Å². The van der Waals surface area contributed by atoms with Crippen LogP contribution < -0.4 is 11.1 Å². The lowest BCUT2D eigenvalue weighted by molar-refractivity contribution is 0.0932. The highest BCUT2D eigenvalue weighted by atomic mass is 16.3. The first kappa shape index (κ1) is 14.5. The SMILES string of the molecule is Cc1c(O)cccc1C(=O)NC(CN)CC(C)C. The van der Waals surface area contributed by atoms with Crippen molar-refractivity contribution in [1.29, 1.82) is 0 Å². The van der Waals surface area contributed by atoms with Gasteiger partial charge in [0, 0.05) is 23.7 Å². The van der Waals surface area contributed by atoms with Gasteiger partial charge < -0.3 is 16.2 Å². The Labute approximate surface area is 108 Å².